The van der Waals surface area contributed by atoms with E-state index in [9.17, 15) is 14.9 Å². The van der Waals surface area contributed by atoms with E-state index in [0.717, 1.165) is 0 Å². The van der Waals surface area contributed by atoms with Crippen LogP contribution in [0.15, 0.2) is 24.3 Å². The summed E-state index contributed by atoms with van der Waals surface area (Å²) in [6, 6.07) is 5.03. The van der Waals surface area contributed by atoms with Crippen molar-refractivity contribution < 1.29 is 14.5 Å². The number of nitro groups is 1. The first kappa shape index (κ1) is 12.2. The van der Waals surface area contributed by atoms with Crippen LogP contribution < -0.4 is 10.5 Å². The van der Waals surface area contributed by atoms with Crippen LogP contribution in [-0.4, -0.2) is 11.0 Å². The topological polar surface area (TPSA) is 95.5 Å². The van der Waals surface area contributed by atoms with Crippen LogP contribution in [0.1, 0.15) is 0 Å². The number of nitrogens with two attached hydrogens (primary N) is 1. The van der Waals surface area contributed by atoms with E-state index >= 15 is 0 Å². The van der Waals surface area contributed by atoms with Crippen molar-refractivity contribution in [1.82, 2.24) is 0 Å². The number of benzene rings is 1. The number of rotatable bonds is 2. The van der Waals surface area contributed by atoms with Crippen molar-refractivity contribution in [2.75, 3.05) is 0 Å². The maximum Gasteiger partial charge on any atom is 0.409 e. The van der Waals surface area contributed by atoms with Crippen molar-refractivity contribution in [2.24, 2.45) is 5.73 Å². The van der Waals surface area contributed by atoms with Crippen molar-refractivity contribution in [3.05, 3.63) is 34.4 Å². The van der Waals surface area contributed by atoms with Crippen LogP contribution in [0.3, 0.4) is 0 Å². The number of primary amides is 1. The summed E-state index contributed by atoms with van der Waals surface area (Å²) in [4.78, 5) is 19.9. The van der Waals surface area contributed by atoms with Gasteiger partial charge in [0.15, 0.2) is 0 Å². The van der Waals surface area contributed by atoms with Crippen LogP contribution in [0.5, 0.6) is 5.75 Å². The molecule has 0 heterocycles. The van der Waals surface area contributed by atoms with E-state index in [1.54, 1.807) is 0 Å². The molecule has 1 rings (SSSR count). The number of hydrogen-bond donors (Lipinski definition) is 1. The quantitative estimate of drug-likeness (QED) is 0.592. The molecule has 0 aromatic heterocycles. The minimum Gasteiger partial charge on any atom is -0.410 e. The summed E-state index contributed by atoms with van der Waals surface area (Å²) in [6.45, 7) is 0. The summed E-state index contributed by atoms with van der Waals surface area (Å²) in [6.07, 6.45) is -0.950. The molecule has 0 radical (unpaired) electrons. The molecule has 7 heteroatoms. The van der Waals surface area contributed by atoms with Gasteiger partial charge in [-0.2, -0.15) is 13.5 Å². The summed E-state index contributed by atoms with van der Waals surface area (Å²) in [5, 5.41) is 10.2. The lowest BCUT2D eigenvalue weighted by molar-refractivity contribution is -0.384. The second-order valence-electron chi connectivity index (χ2n) is 2.17. The Bertz CT molecular complexity index is 338. The summed E-state index contributed by atoms with van der Waals surface area (Å²) >= 11 is 0. The van der Waals surface area contributed by atoms with Crippen LogP contribution >= 0.6 is 13.5 Å². The molecule has 1 aromatic carbocycles. The molecule has 76 valence electrons. The summed E-state index contributed by atoms with van der Waals surface area (Å²) in [5.41, 5.74) is 4.65. The number of non-ortho nitro benzene ring substituents is 1. The van der Waals surface area contributed by atoms with E-state index < -0.39 is 11.0 Å². The molecule has 0 unspecified atom stereocenters. The van der Waals surface area contributed by atoms with Gasteiger partial charge in [-0.15, -0.1) is 0 Å². The lowest BCUT2D eigenvalue weighted by atomic mass is 10.3. The molecule has 0 spiro atoms. The zero-order valence-corrected chi connectivity index (χ0v) is 7.97. The third-order valence-electron chi connectivity index (χ3n) is 1.27. The molecule has 0 saturated heterocycles. The summed E-state index contributed by atoms with van der Waals surface area (Å²) in [5.74, 6) is 0.179. The highest BCUT2D eigenvalue weighted by molar-refractivity contribution is 7.59. The standard InChI is InChI=1S/C7H6N2O4.H2S/c8-7(10)13-6-3-1-5(2-4-6)9(11)12;/h1-4H,(H2,8,10);1H2. The summed E-state index contributed by atoms with van der Waals surface area (Å²) in [7, 11) is 0. The molecule has 0 aliphatic heterocycles. The number of nitro benzene ring substituents is 1. The molecule has 0 aliphatic rings. The Morgan fingerprint density at radius 1 is 1.36 bits per heavy atom. The lowest BCUT2D eigenvalue weighted by Crippen LogP contribution is -2.16. The van der Waals surface area contributed by atoms with Crippen molar-refractivity contribution in [2.45, 2.75) is 0 Å². The van der Waals surface area contributed by atoms with Gasteiger partial charge < -0.3 is 10.5 Å². The maximum absolute atomic E-state index is 10.3. The van der Waals surface area contributed by atoms with E-state index in [1.807, 2.05) is 0 Å². The fraction of sp³-hybridized carbons (Fsp3) is 0. The van der Waals surface area contributed by atoms with Gasteiger partial charge in [0.25, 0.3) is 5.69 Å². The van der Waals surface area contributed by atoms with Crippen molar-refractivity contribution in [3.63, 3.8) is 0 Å². The van der Waals surface area contributed by atoms with E-state index in [0.29, 0.717) is 0 Å². The fourth-order valence-electron chi connectivity index (χ4n) is 0.752. The Balaban J connectivity index is 0.00000169. The first-order chi connectivity index (χ1) is 6.09. The number of nitrogens with zero attached hydrogens (tertiary/aromatic N) is 1. The molecule has 1 aromatic rings. The average molecular weight is 216 g/mol. The van der Waals surface area contributed by atoms with Crippen molar-refractivity contribution in [3.8, 4) is 5.75 Å². The molecule has 0 aliphatic carbocycles. The first-order valence-electron chi connectivity index (χ1n) is 3.31. The molecule has 6 nitrogen and oxygen atoms in total. The SMILES string of the molecule is NC(=O)Oc1ccc([N+](=O)[O-])cc1.S. The zero-order chi connectivity index (χ0) is 9.84. The third kappa shape index (κ3) is 3.31. The Morgan fingerprint density at radius 3 is 2.21 bits per heavy atom. The minimum atomic E-state index is -0.950. The Morgan fingerprint density at radius 2 is 1.86 bits per heavy atom. The Hall–Kier alpha value is -1.76. The molecule has 0 bridgehead atoms. The second kappa shape index (κ2) is 5.07. The molecule has 2 N–H and O–H groups in total. The van der Waals surface area contributed by atoms with Gasteiger partial charge in [0.2, 0.25) is 0 Å². The first-order valence-corrected chi connectivity index (χ1v) is 3.31. The van der Waals surface area contributed by atoms with Crippen LogP contribution in [0.2, 0.25) is 0 Å². The van der Waals surface area contributed by atoms with Crippen LogP contribution in [0, 0.1) is 10.1 Å². The summed E-state index contributed by atoms with van der Waals surface area (Å²) < 4.78 is 4.47. The number of amides is 1. The molecule has 1 amide bonds. The zero-order valence-electron chi connectivity index (χ0n) is 6.97. The number of ether oxygens (including phenoxy) is 1. The highest BCUT2D eigenvalue weighted by atomic mass is 32.1. The van der Waals surface area contributed by atoms with Gasteiger partial charge in [-0.3, -0.25) is 10.1 Å². The van der Waals surface area contributed by atoms with Gasteiger partial charge in [-0.1, -0.05) is 0 Å². The molecular formula is C7H8N2O4S. The predicted molar refractivity (Wildman–Crippen MR) is 53.7 cm³/mol. The number of carbonyl (C=O) groups is 1. The monoisotopic (exact) mass is 216 g/mol. The van der Waals surface area contributed by atoms with Gasteiger partial charge >= 0.3 is 6.09 Å². The van der Waals surface area contributed by atoms with E-state index in [4.69, 9.17) is 5.73 Å². The van der Waals surface area contributed by atoms with Gasteiger partial charge in [0.05, 0.1) is 4.92 Å². The Labute approximate surface area is 86.3 Å². The van der Waals surface area contributed by atoms with Gasteiger partial charge in [0, 0.05) is 12.1 Å². The normalized spacial score (nSPS) is 8.57. The van der Waals surface area contributed by atoms with E-state index in [1.165, 1.54) is 24.3 Å². The lowest BCUT2D eigenvalue weighted by Gasteiger charge is -1.98. The Kier molecular flexibility index (Phi) is 4.44. The predicted octanol–water partition coefficient (Wildman–Crippen LogP) is 1.17. The average Bonchev–Trinajstić information content (AvgIpc) is 2.04. The van der Waals surface area contributed by atoms with E-state index in [2.05, 4.69) is 4.74 Å². The molecule has 0 saturated carbocycles. The smallest absolute Gasteiger partial charge is 0.409 e. The van der Waals surface area contributed by atoms with Gasteiger partial charge in [-0.05, 0) is 12.1 Å². The molecule has 0 fully saturated rings. The molecular weight excluding hydrogens is 208 g/mol. The highest BCUT2D eigenvalue weighted by Crippen LogP contribution is 2.16. The van der Waals surface area contributed by atoms with E-state index in [-0.39, 0.29) is 24.9 Å². The second-order valence-corrected chi connectivity index (χ2v) is 2.17. The third-order valence-corrected chi connectivity index (χ3v) is 1.27. The maximum atomic E-state index is 10.3. The number of hydrogen-bond acceptors (Lipinski definition) is 4. The largest absolute Gasteiger partial charge is 0.410 e. The van der Waals surface area contributed by atoms with Crippen molar-refractivity contribution in [1.29, 1.82) is 0 Å². The number of carbonyl (C=O) groups excluding carboxylic acids is 1. The van der Waals surface area contributed by atoms with Gasteiger partial charge in [-0.25, -0.2) is 4.79 Å². The highest BCUT2D eigenvalue weighted by Gasteiger charge is 2.05. The molecule has 0 atom stereocenters. The fourth-order valence-corrected chi connectivity index (χ4v) is 0.752. The van der Waals surface area contributed by atoms with Gasteiger partial charge in [0.1, 0.15) is 5.75 Å². The van der Waals surface area contributed by atoms with Crippen molar-refractivity contribution >= 4 is 25.3 Å². The molecule has 14 heavy (non-hydrogen) atoms. The minimum absolute atomic E-state index is 0. The van der Waals surface area contributed by atoms with Crippen LogP contribution in [0.4, 0.5) is 10.5 Å². The van der Waals surface area contributed by atoms with Crippen LogP contribution in [-0.2, 0) is 0 Å². The van der Waals surface area contributed by atoms with Crippen LogP contribution in [0.25, 0.3) is 0 Å².